The lowest BCUT2D eigenvalue weighted by Crippen LogP contribution is -2.68. The van der Waals surface area contributed by atoms with Crippen molar-refractivity contribution < 1.29 is 29.6 Å². The first-order chi connectivity index (χ1) is 17.5. The Labute approximate surface area is 228 Å². The van der Waals surface area contributed by atoms with E-state index in [-0.39, 0.29) is 58.1 Å². The first-order valence-corrected chi connectivity index (χ1v) is 14.9. The standard InChI is InChI=1S/C32H50O6/c1-19(34)38-24-10-12-29(5)22(31(24,7)18-33)8-11-28(4)21-9-13-32(26(36)37)15-14-27(2,3)17-23(32)30(21,6)16-20(35)25(28)29/h9,20,22-25,33,35H,8,10-18H2,1-7H3,(H,36,37)/t20-,22?,23+,24+,25?,28+,29+,30-,31+,32-/m1/s1. The number of ether oxygens (including phenoxy) is 1. The fourth-order valence-corrected chi connectivity index (χ4v) is 11.5. The Balaban J connectivity index is 1.59. The average Bonchev–Trinajstić information content (AvgIpc) is 2.80. The summed E-state index contributed by atoms with van der Waals surface area (Å²) in [5.41, 5.74) is -0.684. The Bertz CT molecular complexity index is 1050. The Kier molecular flexibility index (Phi) is 6.33. The molecule has 0 aromatic rings. The van der Waals surface area contributed by atoms with Crippen LogP contribution in [0.2, 0.25) is 0 Å². The fraction of sp³-hybridized carbons (Fsp3) is 0.875. The van der Waals surface area contributed by atoms with Crippen LogP contribution in [0.3, 0.4) is 0 Å². The quantitative estimate of drug-likeness (QED) is 0.317. The molecule has 4 fully saturated rings. The summed E-state index contributed by atoms with van der Waals surface area (Å²) in [5, 5.41) is 33.4. The molecule has 10 atom stereocenters. The number of carboxylic acid groups (broad SMARTS) is 1. The van der Waals surface area contributed by atoms with E-state index in [1.54, 1.807) is 0 Å². The summed E-state index contributed by atoms with van der Waals surface area (Å²) < 4.78 is 5.77. The van der Waals surface area contributed by atoms with E-state index in [1.807, 2.05) is 0 Å². The molecular weight excluding hydrogens is 480 g/mol. The number of aliphatic hydroxyl groups is 2. The minimum absolute atomic E-state index is 0.00313. The van der Waals surface area contributed by atoms with Crippen molar-refractivity contribution in [3.05, 3.63) is 11.6 Å². The lowest BCUT2D eigenvalue weighted by atomic mass is 9.34. The largest absolute Gasteiger partial charge is 0.481 e. The van der Waals surface area contributed by atoms with Gasteiger partial charge in [-0.05, 0) is 97.2 Å². The van der Waals surface area contributed by atoms with Crippen LogP contribution >= 0.6 is 0 Å². The normalized spacial score (nSPS) is 51.4. The first kappa shape index (κ1) is 28.1. The number of carboxylic acids is 1. The molecule has 5 rings (SSSR count). The van der Waals surface area contributed by atoms with Crippen molar-refractivity contribution in [1.29, 1.82) is 0 Å². The van der Waals surface area contributed by atoms with Gasteiger partial charge >= 0.3 is 11.9 Å². The van der Waals surface area contributed by atoms with E-state index in [2.05, 4.69) is 47.6 Å². The molecule has 0 radical (unpaired) electrons. The molecule has 0 heterocycles. The van der Waals surface area contributed by atoms with Crippen LogP contribution in [0.4, 0.5) is 0 Å². The van der Waals surface area contributed by atoms with Crippen molar-refractivity contribution in [2.45, 2.75) is 118 Å². The summed E-state index contributed by atoms with van der Waals surface area (Å²) in [6, 6.07) is 0. The van der Waals surface area contributed by atoms with Gasteiger partial charge in [0, 0.05) is 12.3 Å². The van der Waals surface area contributed by atoms with Gasteiger partial charge in [0.1, 0.15) is 6.10 Å². The highest BCUT2D eigenvalue weighted by Crippen LogP contribution is 2.75. The molecule has 38 heavy (non-hydrogen) atoms. The predicted molar refractivity (Wildman–Crippen MR) is 145 cm³/mol. The second-order valence-electron chi connectivity index (χ2n) is 15.7. The topological polar surface area (TPSA) is 104 Å². The Morgan fingerprint density at radius 1 is 0.947 bits per heavy atom. The smallest absolute Gasteiger partial charge is 0.310 e. The van der Waals surface area contributed by atoms with Crippen LogP contribution in [0.25, 0.3) is 0 Å². The number of allylic oxidation sites excluding steroid dienone is 2. The molecule has 0 saturated heterocycles. The highest BCUT2D eigenvalue weighted by molar-refractivity contribution is 5.76. The molecule has 5 aliphatic rings. The van der Waals surface area contributed by atoms with Gasteiger partial charge in [-0.15, -0.1) is 0 Å². The van der Waals surface area contributed by atoms with E-state index in [9.17, 15) is 24.9 Å². The molecule has 3 N–H and O–H groups in total. The van der Waals surface area contributed by atoms with Gasteiger partial charge in [0.25, 0.3) is 0 Å². The van der Waals surface area contributed by atoms with E-state index in [0.717, 1.165) is 32.1 Å². The molecular formula is C32H50O6. The number of fused-ring (bicyclic) bond motifs is 7. The van der Waals surface area contributed by atoms with Crippen molar-refractivity contribution in [2.75, 3.05) is 6.61 Å². The molecule has 6 heteroatoms. The van der Waals surface area contributed by atoms with Crippen molar-refractivity contribution in [2.24, 2.45) is 50.2 Å². The maximum Gasteiger partial charge on any atom is 0.310 e. The number of esters is 1. The van der Waals surface area contributed by atoms with Crippen LogP contribution in [0.1, 0.15) is 106 Å². The van der Waals surface area contributed by atoms with Crippen LogP contribution in [0, 0.1) is 50.2 Å². The number of carbonyl (C=O) groups excluding carboxylic acids is 1. The van der Waals surface area contributed by atoms with E-state index in [1.165, 1.54) is 12.5 Å². The summed E-state index contributed by atoms with van der Waals surface area (Å²) in [5.74, 6) is -0.861. The Hall–Kier alpha value is -1.40. The van der Waals surface area contributed by atoms with Gasteiger partial charge in [-0.3, -0.25) is 9.59 Å². The summed E-state index contributed by atoms with van der Waals surface area (Å²) in [4.78, 5) is 24.8. The van der Waals surface area contributed by atoms with Gasteiger partial charge in [0.05, 0.1) is 18.1 Å². The first-order valence-electron chi connectivity index (χ1n) is 14.9. The van der Waals surface area contributed by atoms with Gasteiger partial charge < -0.3 is 20.1 Å². The van der Waals surface area contributed by atoms with Crippen LogP contribution < -0.4 is 0 Å². The molecule has 0 amide bonds. The molecule has 6 nitrogen and oxygen atoms in total. The molecule has 214 valence electrons. The Morgan fingerprint density at radius 2 is 1.63 bits per heavy atom. The molecule has 0 aromatic heterocycles. The minimum atomic E-state index is -0.755. The van der Waals surface area contributed by atoms with Gasteiger partial charge in [0.2, 0.25) is 0 Å². The molecule has 5 aliphatic carbocycles. The number of rotatable bonds is 3. The summed E-state index contributed by atoms with van der Waals surface area (Å²) >= 11 is 0. The number of hydrogen-bond donors (Lipinski definition) is 3. The third-order valence-corrected chi connectivity index (χ3v) is 13.1. The monoisotopic (exact) mass is 530 g/mol. The third kappa shape index (κ3) is 3.57. The summed E-state index contributed by atoms with van der Waals surface area (Å²) in [7, 11) is 0. The van der Waals surface area contributed by atoms with Crippen molar-refractivity contribution in [3.63, 3.8) is 0 Å². The minimum Gasteiger partial charge on any atom is -0.481 e. The zero-order chi connectivity index (χ0) is 28.1. The van der Waals surface area contributed by atoms with E-state index < -0.39 is 22.9 Å². The van der Waals surface area contributed by atoms with Crippen molar-refractivity contribution in [1.82, 2.24) is 0 Å². The van der Waals surface area contributed by atoms with Gasteiger partial charge in [-0.2, -0.15) is 0 Å². The highest BCUT2D eigenvalue weighted by Gasteiger charge is 2.71. The predicted octanol–water partition coefficient (Wildman–Crippen LogP) is 5.75. The molecule has 0 aliphatic heterocycles. The van der Waals surface area contributed by atoms with E-state index >= 15 is 0 Å². The number of aliphatic carboxylic acids is 1. The molecule has 4 saturated carbocycles. The molecule has 2 unspecified atom stereocenters. The van der Waals surface area contributed by atoms with Crippen LogP contribution in [0.5, 0.6) is 0 Å². The van der Waals surface area contributed by atoms with Crippen LogP contribution in [0.15, 0.2) is 11.6 Å². The molecule has 0 spiro atoms. The van der Waals surface area contributed by atoms with Gasteiger partial charge in [-0.1, -0.05) is 53.2 Å². The lowest BCUT2D eigenvalue weighted by Gasteiger charge is -2.71. The highest BCUT2D eigenvalue weighted by atomic mass is 16.5. The van der Waals surface area contributed by atoms with Gasteiger partial charge in [0.15, 0.2) is 0 Å². The summed E-state index contributed by atoms with van der Waals surface area (Å²) in [6.07, 6.45) is 8.34. The second kappa shape index (κ2) is 8.55. The fourth-order valence-electron chi connectivity index (χ4n) is 11.5. The molecule has 0 aromatic carbocycles. The van der Waals surface area contributed by atoms with Crippen molar-refractivity contribution in [3.8, 4) is 0 Å². The summed E-state index contributed by atoms with van der Waals surface area (Å²) in [6.45, 7) is 14.9. The number of aliphatic hydroxyl groups excluding tert-OH is 2. The second-order valence-corrected chi connectivity index (χ2v) is 15.7. The Morgan fingerprint density at radius 3 is 2.24 bits per heavy atom. The zero-order valence-electron chi connectivity index (χ0n) is 24.6. The average molecular weight is 531 g/mol. The maximum atomic E-state index is 12.9. The van der Waals surface area contributed by atoms with Crippen LogP contribution in [-0.4, -0.2) is 46.1 Å². The third-order valence-electron chi connectivity index (χ3n) is 13.1. The number of carbonyl (C=O) groups is 2. The van der Waals surface area contributed by atoms with Crippen molar-refractivity contribution >= 4 is 11.9 Å². The van der Waals surface area contributed by atoms with E-state index in [0.29, 0.717) is 25.7 Å². The lowest BCUT2D eigenvalue weighted by molar-refractivity contribution is -0.232. The maximum absolute atomic E-state index is 12.9. The SMILES string of the molecule is CC(=O)O[C@H]1CC[C@]2(C)C3[C@H](O)C[C@]4(C)C(=CC[C@@]5(C(=O)O)CCC(C)(C)C[C@H]54)[C@]3(C)CCC2[C@]1(C)CO. The van der Waals surface area contributed by atoms with E-state index in [4.69, 9.17) is 4.74 Å². The van der Waals surface area contributed by atoms with Gasteiger partial charge in [-0.25, -0.2) is 0 Å². The number of hydrogen-bond acceptors (Lipinski definition) is 5. The van der Waals surface area contributed by atoms with Crippen LogP contribution in [-0.2, 0) is 14.3 Å². The zero-order valence-corrected chi connectivity index (χ0v) is 24.6. The molecule has 0 bridgehead atoms.